The topological polar surface area (TPSA) is 19.7 Å². The van der Waals surface area contributed by atoms with Crippen LogP contribution in [0.15, 0.2) is 12.4 Å². The Hall–Kier alpha value is -0.790. The van der Waals surface area contributed by atoms with Gasteiger partial charge < -0.3 is 0 Å². The third kappa shape index (κ3) is 6.58. The SMILES string of the molecule is CCCCCCCCCC[C@H](CCC)c1[nH]cc[n+]1C. The second-order valence-electron chi connectivity index (χ2n) is 6.21. The highest BCUT2D eigenvalue weighted by Crippen LogP contribution is 2.24. The summed E-state index contributed by atoms with van der Waals surface area (Å²) in [7, 11) is 2.15. The lowest BCUT2D eigenvalue weighted by molar-refractivity contribution is -0.679. The molecule has 0 spiro atoms. The van der Waals surface area contributed by atoms with E-state index in [1.165, 1.54) is 76.5 Å². The maximum absolute atomic E-state index is 3.43. The summed E-state index contributed by atoms with van der Waals surface area (Å²) in [6, 6.07) is 0. The molecule has 0 radical (unpaired) electrons. The van der Waals surface area contributed by atoms with Crippen LogP contribution in [0.1, 0.15) is 96.2 Å². The van der Waals surface area contributed by atoms with E-state index in [0.29, 0.717) is 0 Å². The van der Waals surface area contributed by atoms with E-state index in [1.54, 1.807) is 0 Å². The molecule has 2 heteroatoms. The first-order valence-electron chi connectivity index (χ1n) is 8.82. The van der Waals surface area contributed by atoms with E-state index in [9.17, 15) is 0 Å². The van der Waals surface area contributed by atoms with Gasteiger partial charge in [0.15, 0.2) is 0 Å². The molecule has 1 N–H and O–H groups in total. The maximum Gasteiger partial charge on any atom is 0.257 e. The molecule has 0 saturated heterocycles. The zero-order chi connectivity index (χ0) is 14.6. The average Bonchev–Trinajstić information content (AvgIpc) is 2.87. The second kappa shape index (κ2) is 10.9. The molecular weight excluding hydrogens is 244 g/mol. The predicted octanol–water partition coefficient (Wildman–Crippen LogP) is 5.25. The van der Waals surface area contributed by atoms with Gasteiger partial charge in [0.1, 0.15) is 12.4 Å². The molecule has 1 atom stereocenters. The quantitative estimate of drug-likeness (QED) is 0.398. The summed E-state index contributed by atoms with van der Waals surface area (Å²) in [5, 5.41) is 0. The van der Waals surface area contributed by atoms with Gasteiger partial charge in [-0.2, -0.15) is 0 Å². The monoisotopic (exact) mass is 279 g/mol. The molecule has 0 aliphatic carbocycles. The van der Waals surface area contributed by atoms with Crippen LogP contribution in [0, 0.1) is 0 Å². The minimum atomic E-state index is 0.722. The highest BCUT2D eigenvalue weighted by Gasteiger charge is 2.19. The van der Waals surface area contributed by atoms with Gasteiger partial charge in [-0.3, -0.25) is 0 Å². The molecule has 2 nitrogen and oxygen atoms in total. The van der Waals surface area contributed by atoms with Crippen molar-refractivity contribution in [1.29, 1.82) is 0 Å². The first-order chi connectivity index (χ1) is 9.79. The first kappa shape index (κ1) is 17.3. The summed E-state index contributed by atoms with van der Waals surface area (Å²) in [6.07, 6.45) is 19.4. The molecule has 0 aliphatic heterocycles. The number of aryl methyl sites for hydroxylation is 1. The number of H-pyrrole nitrogens is 1. The van der Waals surface area contributed by atoms with Gasteiger partial charge in [0.05, 0.1) is 13.0 Å². The fourth-order valence-corrected chi connectivity index (χ4v) is 3.11. The maximum atomic E-state index is 3.43. The lowest BCUT2D eigenvalue weighted by atomic mass is 9.95. The molecule has 0 bridgehead atoms. The Morgan fingerprint density at radius 3 is 2.10 bits per heavy atom. The number of imidazole rings is 1. The molecule has 1 aromatic rings. The summed E-state index contributed by atoms with van der Waals surface area (Å²) in [5.74, 6) is 2.13. The summed E-state index contributed by atoms with van der Waals surface area (Å²) < 4.78 is 2.26. The number of aromatic amines is 1. The van der Waals surface area contributed by atoms with Crippen LogP contribution in [0.2, 0.25) is 0 Å². The van der Waals surface area contributed by atoms with Crippen LogP contribution in [0.5, 0.6) is 0 Å². The average molecular weight is 279 g/mol. The van der Waals surface area contributed by atoms with E-state index in [-0.39, 0.29) is 0 Å². The number of hydrogen-bond acceptors (Lipinski definition) is 0. The van der Waals surface area contributed by atoms with Crippen LogP contribution in [-0.4, -0.2) is 4.98 Å². The lowest BCUT2D eigenvalue weighted by Crippen LogP contribution is -2.32. The van der Waals surface area contributed by atoms with Crippen LogP contribution in [0.3, 0.4) is 0 Å². The van der Waals surface area contributed by atoms with Gasteiger partial charge in [0.2, 0.25) is 0 Å². The van der Waals surface area contributed by atoms with Crippen molar-refractivity contribution < 1.29 is 4.57 Å². The van der Waals surface area contributed by atoms with Gasteiger partial charge in [0.25, 0.3) is 5.82 Å². The molecule has 0 saturated carbocycles. The van der Waals surface area contributed by atoms with E-state index in [0.717, 1.165) is 5.92 Å². The summed E-state index contributed by atoms with van der Waals surface area (Å²) in [5.41, 5.74) is 0. The van der Waals surface area contributed by atoms with Crippen molar-refractivity contribution in [2.75, 3.05) is 0 Å². The molecule has 0 amide bonds. The van der Waals surface area contributed by atoms with E-state index < -0.39 is 0 Å². The molecule has 116 valence electrons. The largest absolute Gasteiger partial charge is 0.257 e. The van der Waals surface area contributed by atoms with E-state index >= 15 is 0 Å². The minimum Gasteiger partial charge on any atom is -0.247 e. The molecule has 0 aromatic carbocycles. The molecule has 0 unspecified atom stereocenters. The van der Waals surface area contributed by atoms with Crippen LogP contribution < -0.4 is 4.57 Å². The van der Waals surface area contributed by atoms with Gasteiger partial charge >= 0.3 is 0 Å². The first-order valence-corrected chi connectivity index (χ1v) is 8.82. The Kier molecular flexibility index (Phi) is 9.44. The normalized spacial score (nSPS) is 12.8. The fraction of sp³-hybridized carbons (Fsp3) is 0.833. The third-order valence-electron chi connectivity index (χ3n) is 4.34. The van der Waals surface area contributed by atoms with E-state index in [4.69, 9.17) is 0 Å². The predicted molar refractivity (Wildman–Crippen MR) is 86.8 cm³/mol. The molecule has 1 heterocycles. The summed E-state index contributed by atoms with van der Waals surface area (Å²) in [4.78, 5) is 3.43. The van der Waals surface area contributed by atoms with Gasteiger partial charge in [-0.1, -0.05) is 71.6 Å². The van der Waals surface area contributed by atoms with Crippen molar-refractivity contribution in [3.8, 4) is 0 Å². The second-order valence-corrected chi connectivity index (χ2v) is 6.21. The number of rotatable bonds is 12. The molecule has 1 aromatic heterocycles. The van der Waals surface area contributed by atoms with Gasteiger partial charge in [-0.15, -0.1) is 0 Å². The highest BCUT2D eigenvalue weighted by atomic mass is 15.0. The Balaban J connectivity index is 2.16. The molecule has 1 rings (SSSR count). The number of unbranched alkanes of at least 4 members (excludes halogenated alkanes) is 7. The minimum absolute atomic E-state index is 0.722. The van der Waals surface area contributed by atoms with Gasteiger partial charge in [0, 0.05) is 0 Å². The zero-order valence-electron chi connectivity index (χ0n) is 14.0. The van der Waals surface area contributed by atoms with Crippen LogP contribution >= 0.6 is 0 Å². The number of aromatic nitrogens is 2. The molecule has 0 fully saturated rings. The van der Waals surface area contributed by atoms with Crippen LogP contribution in [0.4, 0.5) is 0 Å². The van der Waals surface area contributed by atoms with E-state index in [1.807, 2.05) is 0 Å². The summed E-state index contributed by atoms with van der Waals surface area (Å²) in [6.45, 7) is 4.58. The van der Waals surface area contributed by atoms with Crippen molar-refractivity contribution in [2.45, 2.75) is 90.4 Å². The van der Waals surface area contributed by atoms with Crippen LogP contribution in [-0.2, 0) is 7.05 Å². The van der Waals surface area contributed by atoms with Crippen molar-refractivity contribution in [3.63, 3.8) is 0 Å². The zero-order valence-corrected chi connectivity index (χ0v) is 14.0. The standard InChI is InChI=1S/C18H34N2/c1-4-6-7-8-9-10-11-12-14-17(13-5-2)18-19-15-16-20(18)3/h15-17H,4-14H2,1-3H3/p+1/t17-/m0/s1. The lowest BCUT2D eigenvalue weighted by Gasteiger charge is -2.11. The van der Waals surface area contributed by atoms with Crippen LogP contribution in [0.25, 0.3) is 0 Å². The summed E-state index contributed by atoms with van der Waals surface area (Å²) >= 11 is 0. The number of nitrogens with one attached hydrogen (secondary N) is 1. The van der Waals surface area contributed by atoms with Crippen molar-refractivity contribution in [3.05, 3.63) is 18.2 Å². The Bertz CT molecular complexity index is 330. The van der Waals surface area contributed by atoms with Crippen molar-refractivity contribution in [1.82, 2.24) is 4.98 Å². The third-order valence-corrected chi connectivity index (χ3v) is 4.34. The highest BCUT2D eigenvalue weighted by molar-refractivity contribution is 4.89. The fourth-order valence-electron chi connectivity index (χ4n) is 3.11. The van der Waals surface area contributed by atoms with Gasteiger partial charge in [-0.25, -0.2) is 9.55 Å². The number of nitrogens with zero attached hydrogens (tertiary/aromatic N) is 1. The Morgan fingerprint density at radius 1 is 0.900 bits per heavy atom. The molecule has 0 aliphatic rings. The molecule has 20 heavy (non-hydrogen) atoms. The van der Waals surface area contributed by atoms with E-state index in [2.05, 4.69) is 42.8 Å². The smallest absolute Gasteiger partial charge is 0.247 e. The Morgan fingerprint density at radius 2 is 1.55 bits per heavy atom. The van der Waals surface area contributed by atoms with Gasteiger partial charge in [-0.05, 0) is 12.8 Å². The molecular formula is C18H35N2+. The van der Waals surface area contributed by atoms with Crippen molar-refractivity contribution in [2.24, 2.45) is 7.05 Å². The Labute approximate surface area is 126 Å². The number of hydrogen-bond donors (Lipinski definition) is 1. The van der Waals surface area contributed by atoms with Crippen molar-refractivity contribution >= 4 is 0 Å².